The second kappa shape index (κ2) is 8.82. The van der Waals surface area contributed by atoms with Crippen molar-refractivity contribution in [2.75, 3.05) is 26.8 Å². The lowest BCUT2D eigenvalue weighted by Crippen LogP contribution is -2.56. The topological polar surface area (TPSA) is 72.6 Å². The molecular weight excluding hydrogens is 358 g/mol. The van der Waals surface area contributed by atoms with Gasteiger partial charge in [0.25, 0.3) is 0 Å². The minimum atomic E-state index is -0.298. The lowest BCUT2D eigenvalue weighted by molar-refractivity contribution is -0.170. The predicted molar refractivity (Wildman–Crippen MR) is 107 cm³/mol. The standard InChI is InChI=1S/C22H37NO5/c1-6-7-12-23-13-18(24)27-16-10-11-22(14-26-22)20(19(16)25-5)21(4)17(28-21)9-8-15(2)3/h8,16-17,19-20,23H,6-7,9-14H2,1-5H3. The maximum absolute atomic E-state index is 12.3. The van der Waals surface area contributed by atoms with E-state index in [1.54, 1.807) is 7.11 Å². The lowest BCUT2D eigenvalue weighted by Gasteiger charge is -2.42. The second-order valence-electron chi connectivity index (χ2n) is 8.94. The highest BCUT2D eigenvalue weighted by atomic mass is 16.6. The molecule has 0 amide bonds. The zero-order valence-electron chi connectivity index (χ0n) is 18.1. The van der Waals surface area contributed by atoms with Gasteiger partial charge in [0.1, 0.15) is 23.4 Å². The summed E-state index contributed by atoms with van der Waals surface area (Å²) in [4.78, 5) is 12.3. The highest BCUT2D eigenvalue weighted by molar-refractivity contribution is 5.71. The quantitative estimate of drug-likeness (QED) is 0.265. The van der Waals surface area contributed by atoms with E-state index in [1.165, 1.54) is 5.57 Å². The SMILES string of the molecule is CCCCNCC(=O)OC1CCC2(CO2)C(C2(C)OC2CC=C(C)C)C1OC. The van der Waals surface area contributed by atoms with Crippen molar-refractivity contribution in [3.05, 3.63) is 11.6 Å². The van der Waals surface area contributed by atoms with E-state index in [0.29, 0.717) is 0 Å². The summed E-state index contributed by atoms with van der Waals surface area (Å²) in [5, 5.41) is 3.15. The average Bonchev–Trinajstić information content (AvgIpc) is 3.56. The van der Waals surface area contributed by atoms with E-state index >= 15 is 0 Å². The van der Waals surface area contributed by atoms with Gasteiger partial charge in [-0.15, -0.1) is 0 Å². The molecule has 0 aromatic carbocycles. The molecule has 2 saturated heterocycles. The third-order valence-corrected chi connectivity index (χ3v) is 6.50. The highest BCUT2D eigenvalue weighted by Gasteiger charge is 2.72. The first-order valence-electron chi connectivity index (χ1n) is 10.7. The van der Waals surface area contributed by atoms with Crippen LogP contribution >= 0.6 is 0 Å². The molecule has 1 aliphatic carbocycles. The minimum Gasteiger partial charge on any atom is -0.459 e. The Morgan fingerprint density at radius 3 is 2.71 bits per heavy atom. The molecular formula is C22H37NO5. The van der Waals surface area contributed by atoms with Crippen molar-refractivity contribution in [1.82, 2.24) is 5.32 Å². The van der Waals surface area contributed by atoms with Crippen LogP contribution in [0.15, 0.2) is 11.6 Å². The predicted octanol–water partition coefficient (Wildman–Crippen LogP) is 3.00. The number of carbonyl (C=O) groups is 1. The molecule has 2 aliphatic heterocycles. The molecule has 1 saturated carbocycles. The number of epoxide rings is 2. The van der Waals surface area contributed by atoms with E-state index < -0.39 is 0 Å². The molecule has 0 bridgehead atoms. The van der Waals surface area contributed by atoms with Gasteiger partial charge in [-0.2, -0.15) is 0 Å². The van der Waals surface area contributed by atoms with Crippen LogP contribution in [0.25, 0.3) is 0 Å². The van der Waals surface area contributed by atoms with Gasteiger partial charge in [0.2, 0.25) is 0 Å². The van der Waals surface area contributed by atoms with Crippen molar-refractivity contribution in [2.45, 2.75) is 89.3 Å². The molecule has 160 valence electrons. The Morgan fingerprint density at radius 2 is 2.11 bits per heavy atom. The molecule has 6 nitrogen and oxygen atoms in total. The van der Waals surface area contributed by atoms with Crippen LogP contribution in [-0.2, 0) is 23.7 Å². The molecule has 6 atom stereocenters. The maximum Gasteiger partial charge on any atom is 0.320 e. The smallest absolute Gasteiger partial charge is 0.320 e. The third kappa shape index (κ3) is 4.61. The minimum absolute atomic E-state index is 0.0696. The maximum atomic E-state index is 12.3. The van der Waals surface area contributed by atoms with Gasteiger partial charge < -0.3 is 24.3 Å². The number of unbranched alkanes of at least 4 members (excludes halogenated alkanes) is 1. The largest absolute Gasteiger partial charge is 0.459 e. The molecule has 28 heavy (non-hydrogen) atoms. The van der Waals surface area contributed by atoms with E-state index in [-0.39, 0.29) is 47.9 Å². The van der Waals surface area contributed by atoms with Crippen LogP contribution in [0, 0.1) is 5.92 Å². The van der Waals surface area contributed by atoms with Crippen molar-refractivity contribution >= 4 is 5.97 Å². The Bertz CT molecular complexity index is 583. The molecule has 0 radical (unpaired) electrons. The number of hydrogen-bond acceptors (Lipinski definition) is 6. The second-order valence-corrected chi connectivity index (χ2v) is 8.94. The summed E-state index contributed by atoms with van der Waals surface area (Å²) in [6, 6.07) is 0. The molecule has 0 aromatic rings. The number of nitrogens with one attached hydrogen (secondary N) is 1. The molecule has 3 fully saturated rings. The molecule has 1 N–H and O–H groups in total. The Balaban J connectivity index is 1.64. The Morgan fingerprint density at radius 1 is 1.36 bits per heavy atom. The summed E-state index contributed by atoms with van der Waals surface area (Å²) in [5.74, 6) is -0.141. The summed E-state index contributed by atoms with van der Waals surface area (Å²) in [7, 11) is 1.70. The number of esters is 1. The van der Waals surface area contributed by atoms with Gasteiger partial charge in [-0.3, -0.25) is 4.79 Å². The Labute approximate surface area is 169 Å². The van der Waals surface area contributed by atoms with Gasteiger partial charge in [-0.25, -0.2) is 0 Å². The summed E-state index contributed by atoms with van der Waals surface area (Å²) >= 11 is 0. The van der Waals surface area contributed by atoms with Crippen LogP contribution in [0.2, 0.25) is 0 Å². The number of carbonyl (C=O) groups excluding carboxylic acids is 1. The Kier molecular flexibility index (Phi) is 6.85. The third-order valence-electron chi connectivity index (χ3n) is 6.50. The normalized spacial score (nSPS) is 38.9. The van der Waals surface area contributed by atoms with Gasteiger partial charge in [0.15, 0.2) is 0 Å². The first-order valence-corrected chi connectivity index (χ1v) is 10.7. The fourth-order valence-corrected chi connectivity index (χ4v) is 4.77. The molecule has 6 unspecified atom stereocenters. The number of methoxy groups -OCH3 is 1. The lowest BCUT2D eigenvalue weighted by atomic mass is 9.68. The molecule has 2 heterocycles. The van der Waals surface area contributed by atoms with Crippen molar-refractivity contribution in [1.29, 1.82) is 0 Å². The number of allylic oxidation sites excluding steroid dienone is 1. The summed E-state index contributed by atoms with van der Waals surface area (Å²) in [5.41, 5.74) is 0.815. The first-order chi connectivity index (χ1) is 13.4. The zero-order chi connectivity index (χ0) is 20.4. The summed E-state index contributed by atoms with van der Waals surface area (Å²) in [6.45, 7) is 10.3. The molecule has 3 aliphatic rings. The van der Waals surface area contributed by atoms with Crippen LogP contribution < -0.4 is 5.32 Å². The Hall–Kier alpha value is -0.950. The number of ether oxygens (including phenoxy) is 4. The van der Waals surface area contributed by atoms with Crippen molar-refractivity contribution < 1.29 is 23.7 Å². The summed E-state index contributed by atoms with van der Waals surface area (Å²) < 4.78 is 23.9. The van der Waals surface area contributed by atoms with Gasteiger partial charge in [0.05, 0.1) is 25.2 Å². The van der Waals surface area contributed by atoms with E-state index in [1.807, 2.05) is 0 Å². The van der Waals surface area contributed by atoms with Crippen LogP contribution in [0.3, 0.4) is 0 Å². The average molecular weight is 396 g/mol. The summed E-state index contributed by atoms with van der Waals surface area (Å²) in [6.07, 6.45) is 6.63. The monoisotopic (exact) mass is 395 g/mol. The van der Waals surface area contributed by atoms with E-state index in [9.17, 15) is 4.79 Å². The van der Waals surface area contributed by atoms with E-state index in [0.717, 1.165) is 45.3 Å². The first kappa shape index (κ1) is 21.8. The highest BCUT2D eigenvalue weighted by Crippen LogP contribution is 2.59. The molecule has 3 rings (SSSR count). The van der Waals surface area contributed by atoms with Gasteiger partial charge in [0, 0.05) is 7.11 Å². The van der Waals surface area contributed by atoms with Crippen LogP contribution in [0.4, 0.5) is 0 Å². The number of hydrogen-bond donors (Lipinski definition) is 1. The van der Waals surface area contributed by atoms with Crippen molar-refractivity contribution in [3.8, 4) is 0 Å². The van der Waals surface area contributed by atoms with Gasteiger partial charge >= 0.3 is 5.97 Å². The molecule has 0 aromatic heterocycles. The number of rotatable bonds is 10. The van der Waals surface area contributed by atoms with Crippen LogP contribution in [0.1, 0.15) is 59.8 Å². The molecule has 6 heteroatoms. The van der Waals surface area contributed by atoms with Crippen molar-refractivity contribution in [2.24, 2.45) is 5.92 Å². The molecule has 1 spiro atoms. The van der Waals surface area contributed by atoms with Gasteiger partial charge in [-0.05, 0) is 53.0 Å². The van der Waals surface area contributed by atoms with Gasteiger partial charge in [-0.1, -0.05) is 25.0 Å². The van der Waals surface area contributed by atoms with Crippen LogP contribution in [-0.4, -0.2) is 62.3 Å². The fraction of sp³-hybridized carbons (Fsp3) is 0.864. The van der Waals surface area contributed by atoms with Crippen LogP contribution in [0.5, 0.6) is 0 Å². The zero-order valence-corrected chi connectivity index (χ0v) is 18.1. The fourth-order valence-electron chi connectivity index (χ4n) is 4.77. The van der Waals surface area contributed by atoms with E-state index in [2.05, 4.69) is 39.1 Å². The van der Waals surface area contributed by atoms with Crippen molar-refractivity contribution in [3.63, 3.8) is 0 Å². The van der Waals surface area contributed by atoms with E-state index in [4.69, 9.17) is 18.9 Å².